The van der Waals surface area contributed by atoms with Crippen LogP contribution in [0.15, 0.2) is 30.3 Å². The van der Waals surface area contributed by atoms with E-state index in [1.165, 1.54) is 23.1 Å². The first-order valence-electron chi connectivity index (χ1n) is 6.31. The van der Waals surface area contributed by atoms with Gasteiger partial charge in [0.05, 0.1) is 10.5 Å². The molecule has 1 N–H and O–H groups in total. The van der Waals surface area contributed by atoms with Crippen LogP contribution in [-0.2, 0) is 9.59 Å². The molecule has 0 aliphatic carbocycles. The zero-order valence-corrected chi connectivity index (χ0v) is 11.9. The standard InChI is InChI=1S/C14H17N3O4/c1-16(2)14(19)9-10-15-13(18)8-7-11-5-3-4-6-12(11)17(20)21/h3-8H,9-10H2,1-2H3,(H,15,18). The molecule has 0 radical (unpaired) electrons. The second kappa shape index (κ2) is 7.78. The van der Waals surface area contributed by atoms with E-state index in [-0.39, 0.29) is 24.6 Å². The lowest BCUT2D eigenvalue weighted by Crippen LogP contribution is -2.29. The summed E-state index contributed by atoms with van der Waals surface area (Å²) in [6.07, 6.45) is 2.79. The molecule has 0 heterocycles. The van der Waals surface area contributed by atoms with Gasteiger partial charge < -0.3 is 10.2 Å². The number of nitro benzene ring substituents is 1. The van der Waals surface area contributed by atoms with Gasteiger partial charge in [-0.25, -0.2) is 0 Å². The molecule has 7 heteroatoms. The summed E-state index contributed by atoms with van der Waals surface area (Å²) in [5.74, 6) is -0.488. The molecule has 1 aromatic carbocycles. The smallest absolute Gasteiger partial charge is 0.276 e. The summed E-state index contributed by atoms with van der Waals surface area (Å²) in [5.41, 5.74) is 0.284. The molecule has 1 rings (SSSR count). The number of nitro groups is 1. The van der Waals surface area contributed by atoms with Gasteiger partial charge >= 0.3 is 0 Å². The Morgan fingerprint density at radius 1 is 1.33 bits per heavy atom. The third-order valence-corrected chi connectivity index (χ3v) is 2.68. The average Bonchev–Trinajstić information content (AvgIpc) is 2.45. The Morgan fingerprint density at radius 3 is 2.62 bits per heavy atom. The third kappa shape index (κ3) is 5.43. The molecule has 0 spiro atoms. The zero-order chi connectivity index (χ0) is 15.8. The molecule has 0 aliphatic rings. The number of nitrogens with one attached hydrogen (secondary N) is 1. The monoisotopic (exact) mass is 291 g/mol. The van der Waals surface area contributed by atoms with Crippen molar-refractivity contribution in [1.29, 1.82) is 0 Å². The summed E-state index contributed by atoms with van der Waals surface area (Å²) in [7, 11) is 3.27. The van der Waals surface area contributed by atoms with Crippen molar-refractivity contribution in [2.24, 2.45) is 0 Å². The van der Waals surface area contributed by atoms with Crippen LogP contribution in [0.3, 0.4) is 0 Å². The van der Waals surface area contributed by atoms with Crippen LogP contribution in [0.5, 0.6) is 0 Å². The van der Waals surface area contributed by atoms with E-state index in [1.807, 2.05) is 0 Å². The number of hydrogen-bond acceptors (Lipinski definition) is 4. The van der Waals surface area contributed by atoms with Gasteiger partial charge in [0.25, 0.3) is 5.69 Å². The quantitative estimate of drug-likeness (QED) is 0.484. The molecule has 0 fully saturated rings. The second-order valence-corrected chi connectivity index (χ2v) is 4.48. The van der Waals surface area contributed by atoms with Gasteiger partial charge in [-0.2, -0.15) is 0 Å². The number of para-hydroxylation sites is 1. The van der Waals surface area contributed by atoms with Crippen molar-refractivity contribution in [3.63, 3.8) is 0 Å². The molecule has 1 aromatic rings. The second-order valence-electron chi connectivity index (χ2n) is 4.48. The molecule has 112 valence electrons. The Hall–Kier alpha value is -2.70. The van der Waals surface area contributed by atoms with Crippen molar-refractivity contribution in [1.82, 2.24) is 10.2 Å². The fraction of sp³-hybridized carbons (Fsp3) is 0.286. The molecule has 0 saturated heterocycles. The fourth-order valence-corrected chi connectivity index (χ4v) is 1.54. The van der Waals surface area contributed by atoms with Crippen molar-refractivity contribution < 1.29 is 14.5 Å². The van der Waals surface area contributed by atoms with E-state index in [4.69, 9.17) is 0 Å². The highest BCUT2D eigenvalue weighted by Gasteiger charge is 2.09. The van der Waals surface area contributed by atoms with Gasteiger partial charge in [0, 0.05) is 39.2 Å². The minimum Gasteiger partial charge on any atom is -0.352 e. The first-order valence-corrected chi connectivity index (χ1v) is 6.31. The van der Waals surface area contributed by atoms with Gasteiger partial charge in [-0.3, -0.25) is 19.7 Å². The molecule has 0 aliphatic heterocycles. The summed E-state index contributed by atoms with van der Waals surface area (Å²) in [6.45, 7) is 0.219. The van der Waals surface area contributed by atoms with Crippen molar-refractivity contribution in [3.05, 3.63) is 46.0 Å². The predicted octanol–water partition coefficient (Wildman–Crippen LogP) is 1.20. The van der Waals surface area contributed by atoms with Crippen LogP contribution < -0.4 is 5.32 Å². The van der Waals surface area contributed by atoms with Crippen LogP contribution in [0.1, 0.15) is 12.0 Å². The highest BCUT2D eigenvalue weighted by atomic mass is 16.6. The summed E-state index contributed by atoms with van der Waals surface area (Å²) >= 11 is 0. The van der Waals surface area contributed by atoms with Crippen molar-refractivity contribution in [3.8, 4) is 0 Å². The number of rotatable bonds is 6. The Labute approximate surface area is 122 Å². The van der Waals surface area contributed by atoms with Gasteiger partial charge in [-0.05, 0) is 12.1 Å². The van der Waals surface area contributed by atoms with Gasteiger partial charge in [0.1, 0.15) is 0 Å². The number of hydrogen-bond donors (Lipinski definition) is 1. The van der Waals surface area contributed by atoms with Crippen LogP contribution in [-0.4, -0.2) is 42.3 Å². The van der Waals surface area contributed by atoms with Gasteiger partial charge in [-0.1, -0.05) is 12.1 Å². The zero-order valence-electron chi connectivity index (χ0n) is 11.9. The number of amides is 2. The number of carbonyl (C=O) groups is 2. The summed E-state index contributed by atoms with van der Waals surface area (Å²) < 4.78 is 0. The maximum Gasteiger partial charge on any atom is 0.276 e. The molecule has 0 saturated carbocycles. The summed E-state index contributed by atoms with van der Waals surface area (Å²) in [4.78, 5) is 34.6. The predicted molar refractivity (Wildman–Crippen MR) is 78.5 cm³/mol. The topological polar surface area (TPSA) is 92.6 Å². The third-order valence-electron chi connectivity index (χ3n) is 2.68. The van der Waals surface area contributed by atoms with Crippen molar-refractivity contribution in [2.45, 2.75) is 6.42 Å². The molecular weight excluding hydrogens is 274 g/mol. The Bertz CT molecular complexity index is 567. The largest absolute Gasteiger partial charge is 0.352 e. The van der Waals surface area contributed by atoms with Gasteiger partial charge in [0.2, 0.25) is 11.8 Å². The fourth-order valence-electron chi connectivity index (χ4n) is 1.54. The minimum atomic E-state index is -0.507. The summed E-state index contributed by atoms with van der Waals surface area (Å²) in [5, 5.41) is 13.4. The normalized spacial score (nSPS) is 10.4. The van der Waals surface area contributed by atoms with E-state index >= 15 is 0 Å². The van der Waals surface area contributed by atoms with Crippen LogP contribution in [0.25, 0.3) is 6.08 Å². The van der Waals surface area contributed by atoms with Crippen molar-refractivity contribution in [2.75, 3.05) is 20.6 Å². The lowest BCUT2D eigenvalue weighted by molar-refractivity contribution is -0.385. The van der Waals surface area contributed by atoms with E-state index in [1.54, 1.807) is 32.3 Å². The Balaban J connectivity index is 2.55. The van der Waals surface area contributed by atoms with Gasteiger partial charge in [0.15, 0.2) is 0 Å². The first kappa shape index (κ1) is 16.4. The van der Waals surface area contributed by atoms with E-state index in [0.29, 0.717) is 5.56 Å². The maximum absolute atomic E-state index is 11.6. The molecule has 0 atom stereocenters. The van der Waals surface area contributed by atoms with Crippen LogP contribution in [0.4, 0.5) is 5.69 Å². The molecule has 0 aromatic heterocycles. The maximum atomic E-state index is 11.6. The van der Waals surface area contributed by atoms with E-state index in [9.17, 15) is 19.7 Å². The lowest BCUT2D eigenvalue weighted by Gasteiger charge is -2.09. The van der Waals surface area contributed by atoms with Crippen LogP contribution in [0.2, 0.25) is 0 Å². The highest BCUT2D eigenvalue weighted by molar-refractivity contribution is 5.92. The van der Waals surface area contributed by atoms with Crippen LogP contribution >= 0.6 is 0 Å². The number of nitrogens with zero attached hydrogens (tertiary/aromatic N) is 2. The molecule has 7 nitrogen and oxygen atoms in total. The van der Waals surface area contributed by atoms with Crippen LogP contribution in [0, 0.1) is 10.1 Å². The van der Waals surface area contributed by atoms with E-state index in [0.717, 1.165) is 0 Å². The van der Waals surface area contributed by atoms with E-state index < -0.39 is 10.8 Å². The Morgan fingerprint density at radius 2 is 2.00 bits per heavy atom. The molecule has 21 heavy (non-hydrogen) atoms. The lowest BCUT2D eigenvalue weighted by atomic mass is 10.1. The Kier molecular flexibility index (Phi) is 6.06. The first-order chi connectivity index (χ1) is 9.91. The average molecular weight is 291 g/mol. The molecular formula is C14H17N3O4. The SMILES string of the molecule is CN(C)C(=O)CCNC(=O)C=Cc1ccccc1[N+](=O)[O-]. The number of carbonyl (C=O) groups excluding carboxylic acids is 2. The molecule has 2 amide bonds. The minimum absolute atomic E-state index is 0.0654. The molecule has 0 bridgehead atoms. The summed E-state index contributed by atoms with van der Waals surface area (Å²) in [6, 6.07) is 6.13. The highest BCUT2D eigenvalue weighted by Crippen LogP contribution is 2.18. The molecule has 0 unspecified atom stereocenters. The van der Waals surface area contributed by atoms with Gasteiger partial charge in [-0.15, -0.1) is 0 Å². The van der Waals surface area contributed by atoms with E-state index in [2.05, 4.69) is 5.32 Å². The number of benzene rings is 1. The van der Waals surface area contributed by atoms with Crippen molar-refractivity contribution >= 4 is 23.6 Å².